The van der Waals surface area contributed by atoms with Crippen LogP contribution in [0.2, 0.25) is 0 Å². The van der Waals surface area contributed by atoms with Crippen molar-refractivity contribution in [3.8, 4) is 11.1 Å². The Morgan fingerprint density at radius 1 is 1.00 bits per heavy atom. The second kappa shape index (κ2) is 7.42. The highest BCUT2D eigenvalue weighted by molar-refractivity contribution is 5.77. The van der Waals surface area contributed by atoms with Crippen LogP contribution in [-0.4, -0.2) is 11.4 Å². The number of hydrogen-bond acceptors (Lipinski definition) is 2. The van der Waals surface area contributed by atoms with Crippen molar-refractivity contribution < 1.29 is 0 Å². The van der Waals surface area contributed by atoms with Crippen molar-refractivity contribution in [1.29, 1.82) is 0 Å². The minimum absolute atomic E-state index is 0.124. The lowest BCUT2D eigenvalue weighted by atomic mass is 10.0. The molecule has 0 saturated heterocycles. The number of rotatable bonds is 5. The van der Waals surface area contributed by atoms with Crippen molar-refractivity contribution in [2.75, 3.05) is 0 Å². The third-order valence-corrected chi connectivity index (χ3v) is 3.55. The van der Waals surface area contributed by atoms with Crippen molar-refractivity contribution in [1.82, 2.24) is 5.32 Å². The van der Waals surface area contributed by atoms with Gasteiger partial charge in [0.2, 0.25) is 0 Å². The minimum Gasteiger partial charge on any atom is -0.388 e. The smallest absolute Gasteiger partial charge is 0.0909 e. The first-order chi connectivity index (χ1) is 10.8. The third-order valence-electron chi connectivity index (χ3n) is 3.55. The summed E-state index contributed by atoms with van der Waals surface area (Å²) in [6, 6.07) is 17.2. The van der Waals surface area contributed by atoms with Crippen LogP contribution in [-0.2, 0) is 13.1 Å². The van der Waals surface area contributed by atoms with Crippen molar-refractivity contribution in [2.24, 2.45) is 10.7 Å². The van der Waals surface area contributed by atoms with Gasteiger partial charge in [0.15, 0.2) is 0 Å². The Balaban J connectivity index is 2.11. The van der Waals surface area contributed by atoms with Gasteiger partial charge in [-0.05, 0) is 56.0 Å². The topological polar surface area (TPSA) is 50.4 Å². The van der Waals surface area contributed by atoms with Gasteiger partial charge in [-0.1, -0.05) is 42.5 Å². The van der Waals surface area contributed by atoms with Gasteiger partial charge in [-0.25, -0.2) is 0 Å². The molecule has 0 atom stereocenters. The SMILES string of the molecule is CC(N)=NCc1ccc(-c2cccc(CNC(C)(C)C)c2)cc1. The zero-order valence-electron chi connectivity index (χ0n) is 14.6. The average Bonchev–Trinajstić information content (AvgIpc) is 2.51. The summed E-state index contributed by atoms with van der Waals surface area (Å²) in [6.07, 6.45) is 0. The molecule has 0 aliphatic carbocycles. The number of hydrogen-bond donors (Lipinski definition) is 2. The molecule has 0 aromatic heterocycles. The molecule has 3 nitrogen and oxygen atoms in total. The fraction of sp³-hybridized carbons (Fsp3) is 0.350. The van der Waals surface area contributed by atoms with E-state index in [0.29, 0.717) is 12.4 Å². The molecule has 0 bridgehead atoms. The van der Waals surface area contributed by atoms with E-state index < -0.39 is 0 Å². The molecule has 2 rings (SSSR count). The maximum absolute atomic E-state index is 5.58. The quantitative estimate of drug-likeness (QED) is 0.645. The predicted molar refractivity (Wildman–Crippen MR) is 99.5 cm³/mol. The van der Waals surface area contributed by atoms with Crippen molar-refractivity contribution >= 4 is 5.84 Å². The van der Waals surface area contributed by atoms with Gasteiger partial charge in [-0.2, -0.15) is 0 Å². The molecule has 0 fully saturated rings. The zero-order chi connectivity index (χ0) is 16.9. The van der Waals surface area contributed by atoms with Gasteiger partial charge in [-0.15, -0.1) is 0 Å². The molecular formula is C20H27N3. The zero-order valence-corrected chi connectivity index (χ0v) is 14.6. The molecule has 2 aromatic carbocycles. The van der Waals surface area contributed by atoms with Crippen LogP contribution in [0.15, 0.2) is 53.5 Å². The number of nitrogens with zero attached hydrogens (tertiary/aromatic N) is 1. The molecule has 0 heterocycles. The summed E-state index contributed by atoms with van der Waals surface area (Å²) in [4.78, 5) is 4.24. The van der Waals surface area contributed by atoms with E-state index in [0.717, 1.165) is 6.54 Å². The molecule has 3 N–H and O–H groups in total. The fourth-order valence-electron chi connectivity index (χ4n) is 2.25. The van der Waals surface area contributed by atoms with Gasteiger partial charge in [0.1, 0.15) is 0 Å². The van der Waals surface area contributed by atoms with Gasteiger partial charge < -0.3 is 11.1 Å². The number of aliphatic imine (C=N–C) groups is 1. The van der Waals surface area contributed by atoms with Crippen molar-refractivity contribution in [2.45, 2.75) is 46.3 Å². The Bertz CT molecular complexity index is 660. The lowest BCUT2D eigenvalue weighted by molar-refractivity contribution is 0.424. The molecular weight excluding hydrogens is 282 g/mol. The standard InChI is InChI=1S/C20H27N3/c1-15(21)22-13-16-8-10-18(11-9-16)19-7-5-6-17(12-19)14-23-20(2,3)4/h5-12,23H,13-14H2,1-4H3,(H2,21,22). The highest BCUT2D eigenvalue weighted by atomic mass is 14.9. The van der Waals surface area contributed by atoms with E-state index in [2.05, 4.69) is 79.6 Å². The van der Waals surface area contributed by atoms with Crippen LogP contribution >= 0.6 is 0 Å². The molecule has 0 spiro atoms. The number of amidine groups is 1. The Morgan fingerprint density at radius 3 is 2.30 bits per heavy atom. The third kappa shape index (κ3) is 5.87. The molecule has 0 unspecified atom stereocenters. The lowest BCUT2D eigenvalue weighted by Crippen LogP contribution is -2.35. The summed E-state index contributed by atoms with van der Waals surface area (Å²) in [5.41, 5.74) is 10.6. The summed E-state index contributed by atoms with van der Waals surface area (Å²) >= 11 is 0. The van der Waals surface area contributed by atoms with Crippen molar-refractivity contribution in [3.63, 3.8) is 0 Å². The fourth-order valence-corrected chi connectivity index (χ4v) is 2.25. The van der Waals surface area contributed by atoms with Crippen LogP contribution in [0.4, 0.5) is 0 Å². The molecule has 23 heavy (non-hydrogen) atoms. The molecule has 0 aliphatic rings. The van der Waals surface area contributed by atoms with Gasteiger partial charge in [0, 0.05) is 12.1 Å². The maximum atomic E-state index is 5.58. The summed E-state index contributed by atoms with van der Waals surface area (Å²) < 4.78 is 0. The Labute approximate surface area is 139 Å². The average molecular weight is 309 g/mol. The van der Waals surface area contributed by atoms with Crippen LogP contribution in [0.5, 0.6) is 0 Å². The first-order valence-corrected chi connectivity index (χ1v) is 8.03. The first kappa shape index (κ1) is 17.2. The Morgan fingerprint density at radius 2 is 1.70 bits per heavy atom. The summed E-state index contributed by atoms with van der Waals surface area (Å²) in [5.74, 6) is 0.619. The second-order valence-corrected chi connectivity index (χ2v) is 6.96. The summed E-state index contributed by atoms with van der Waals surface area (Å²) in [7, 11) is 0. The van der Waals surface area contributed by atoms with Crippen molar-refractivity contribution in [3.05, 3.63) is 59.7 Å². The van der Waals surface area contributed by atoms with E-state index in [1.54, 1.807) is 0 Å². The second-order valence-electron chi connectivity index (χ2n) is 6.96. The normalized spacial score (nSPS) is 12.4. The summed E-state index contributed by atoms with van der Waals surface area (Å²) in [5, 5.41) is 3.53. The molecule has 122 valence electrons. The maximum Gasteiger partial charge on any atom is 0.0909 e. The molecule has 2 aromatic rings. The minimum atomic E-state index is 0.124. The van der Waals surface area contributed by atoms with Gasteiger partial charge in [0.05, 0.1) is 12.4 Å². The van der Waals surface area contributed by atoms with E-state index in [4.69, 9.17) is 5.73 Å². The predicted octanol–water partition coefficient (Wildman–Crippen LogP) is 4.12. The van der Waals surface area contributed by atoms with Crippen LogP contribution < -0.4 is 11.1 Å². The highest BCUT2D eigenvalue weighted by Gasteiger charge is 2.08. The van der Waals surface area contributed by atoms with E-state index in [9.17, 15) is 0 Å². The van der Waals surface area contributed by atoms with Gasteiger partial charge in [-0.3, -0.25) is 4.99 Å². The summed E-state index contributed by atoms with van der Waals surface area (Å²) in [6.45, 7) is 9.87. The highest BCUT2D eigenvalue weighted by Crippen LogP contribution is 2.21. The molecule has 3 heteroatoms. The van der Waals surface area contributed by atoms with E-state index >= 15 is 0 Å². The van der Waals surface area contributed by atoms with Crippen LogP contribution in [0.3, 0.4) is 0 Å². The number of benzene rings is 2. The van der Waals surface area contributed by atoms with E-state index in [-0.39, 0.29) is 5.54 Å². The molecule has 0 radical (unpaired) electrons. The van der Waals surface area contributed by atoms with Gasteiger partial charge in [0.25, 0.3) is 0 Å². The number of nitrogens with two attached hydrogens (primary N) is 1. The van der Waals surface area contributed by atoms with Crippen LogP contribution in [0.1, 0.15) is 38.8 Å². The van der Waals surface area contributed by atoms with Crippen LogP contribution in [0, 0.1) is 0 Å². The molecule has 0 amide bonds. The first-order valence-electron chi connectivity index (χ1n) is 8.03. The van der Waals surface area contributed by atoms with Gasteiger partial charge >= 0.3 is 0 Å². The van der Waals surface area contributed by atoms with E-state index in [1.165, 1.54) is 22.3 Å². The monoisotopic (exact) mass is 309 g/mol. The molecule has 0 saturated carbocycles. The molecule has 0 aliphatic heterocycles. The largest absolute Gasteiger partial charge is 0.388 e. The Hall–Kier alpha value is -2.13. The van der Waals surface area contributed by atoms with Crippen LogP contribution in [0.25, 0.3) is 11.1 Å². The Kier molecular flexibility index (Phi) is 5.56. The van der Waals surface area contributed by atoms with E-state index in [1.807, 2.05) is 6.92 Å². The number of nitrogens with one attached hydrogen (secondary N) is 1. The lowest BCUT2D eigenvalue weighted by Gasteiger charge is -2.20.